The van der Waals surface area contributed by atoms with Gasteiger partial charge in [-0.25, -0.2) is 4.98 Å². The third-order valence-corrected chi connectivity index (χ3v) is 3.37. The lowest BCUT2D eigenvalue weighted by Crippen LogP contribution is -2.04. The van der Waals surface area contributed by atoms with Crippen LogP contribution in [0.15, 0.2) is 42.5 Å². The van der Waals surface area contributed by atoms with Crippen molar-refractivity contribution in [3.63, 3.8) is 0 Å². The Labute approximate surface area is 118 Å². The van der Waals surface area contributed by atoms with Crippen molar-refractivity contribution in [2.45, 2.75) is 26.9 Å². The number of hydrogen-bond donors (Lipinski definition) is 1. The summed E-state index contributed by atoms with van der Waals surface area (Å²) >= 11 is 0. The average molecular weight is 266 g/mol. The van der Waals surface area contributed by atoms with Gasteiger partial charge in [-0.05, 0) is 50.6 Å². The monoisotopic (exact) mass is 266 g/mol. The van der Waals surface area contributed by atoms with Crippen molar-refractivity contribution in [3.05, 3.63) is 59.4 Å². The Morgan fingerprint density at radius 3 is 2.45 bits per heavy atom. The number of hydrogen-bond acceptors (Lipinski definition) is 2. The standard InChI is InChI=1S/C17H18N2O/c1-11-4-7-14(8-5-11)20-13(3)17-18-15-9-6-12(2)10-16(15)19-17/h4-10,13H,1-3H3,(H,18,19)/t13-/m0/s1. The molecule has 0 radical (unpaired) electrons. The molecule has 3 aromatic rings. The van der Waals surface area contributed by atoms with E-state index in [-0.39, 0.29) is 6.10 Å². The summed E-state index contributed by atoms with van der Waals surface area (Å²) in [6.45, 7) is 6.14. The highest BCUT2D eigenvalue weighted by Gasteiger charge is 2.12. The third kappa shape index (κ3) is 2.52. The molecular weight excluding hydrogens is 248 g/mol. The highest BCUT2D eigenvalue weighted by molar-refractivity contribution is 5.75. The quantitative estimate of drug-likeness (QED) is 0.766. The summed E-state index contributed by atoms with van der Waals surface area (Å²) < 4.78 is 5.92. The van der Waals surface area contributed by atoms with Crippen LogP contribution in [0, 0.1) is 13.8 Å². The van der Waals surface area contributed by atoms with Crippen molar-refractivity contribution in [1.29, 1.82) is 0 Å². The van der Waals surface area contributed by atoms with E-state index < -0.39 is 0 Å². The number of benzene rings is 2. The molecular formula is C17H18N2O. The highest BCUT2D eigenvalue weighted by Crippen LogP contribution is 2.22. The molecule has 3 heteroatoms. The summed E-state index contributed by atoms with van der Waals surface area (Å²) in [5, 5.41) is 0. The summed E-state index contributed by atoms with van der Waals surface area (Å²) in [4.78, 5) is 7.92. The van der Waals surface area contributed by atoms with E-state index in [0.717, 1.165) is 22.6 Å². The number of ether oxygens (including phenoxy) is 1. The van der Waals surface area contributed by atoms with E-state index in [4.69, 9.17) is 4.74 Å². The Hall–Kier alpha value is -2.29. The largest absolute Gasteiger partial charge is 0.483 e. The molecule has 3 rings (SSSR count). The van der Waals surface area contributed by atoms with Gasteiger partial charge >= 0.3 is 0 Å². The Bertz CT molecular complexity index is 728. The topological polar surface area (TPSA) is 37.9 Å². The maximum Gasteiger partial charge on any atom is 0.153 e. The van der Waals surface area contributed by atoms with E-state index in [1.165, 1.54) is 11.1 Å². The van der Waals surface area contributed by atoms with Crippen LogP contribution in [0.3, 0.4) is 0 Å². The lowest BCUT2D eigenvalue weighted by molar-refractivity contribution is 0.218. The van der Waals surface area contributed by atoms with Crippen molar-refractivity contribution >= 4 is 11.0 Å². The summed E-state index contributed by atoms with van der Waals surface area (Å²) in [7, 11) is 0. The van der Waals surface area contributed by atoms with E-state index >= 15 is 0 Å². The first-order valence-electron chi connectivity index (χ1n) is 6.81. The van der Waals surface area contributed by atoms with Gasteiger partial charge in [0.25, 0.3) is 0 Å². The van der Waals surface area contributed by atoms with Crippen LogP contribution in [-0.2, 0) is 0 Å². The summed E-state index contributed by atoms with van der Waals surface area (Å²) in [5.74, 6) is 1.71. The maximum absolute atomic E-state index is 5.92. The molecule has 0 spiro atoms. The number of imidazole rings is 1. The van der Waals surface area contributed by atoms with E-state index in [0.29, 0.717) is 0 Å². The number of nitrogens with zero attached hydrogens (tertiary/aromatic N) is 1. The van der Waals surface area contributed by atoms with Crippen molar-refractivity contribution in [3.8, 4) is 5.75 Å². The molecule has 3 nitrogen and oxygen atoms in total. The van der Waals surface area contributed by atoms with Crippen LogP contribution >= 0.6 is 0 Å². The summed E-state index contributed by atoms with van der Waals surface area (Å²) in [6, 6.07) is 14.3. The number of aromatic nitrogens is 2. The summed E-state index contributed by atoms with van der Waals surface area (Å²) in [6.07, 6.45) is -0.106. The predicted octanol–water partition coefficient (Wildman–Crippen LogP) is 4.32. The van der Waals surface area contributed by atoms with Gasteiger partial charge < -0.3 is 9.72 Å². The molecule has 102 valence electrons. The molecule has 1 atom stereocenters. The molecule has 0 saturated carbocycles. The van der Waals surface area contributed by atoms with Gasteiger partial charge in [-0.15, -0.1) is 0 Å². The van der Waals surface area contributed by atoms with Gasteiger partial charge in [0.2, 0.25) is 0 Å². The van der Waals surface area contributed by atoms with Crippen LogP contribution < -0.4 is 4.74 Å². The molecule has 0 aliphatic heterocycles. The van der Waals surface area contributed by atoms with Crippen molar-refractivity contribution in [2.24, 2.45) is 0 Å². The lowest BCUT2D eigenvalue weighted by Gasteiger charge is -2.12. The second-order valence-corrected chi connectivity index (χ2v) is 5.22. The zero-order chi connectivity index (χ0) is 14.1. The van der Waals surface area contributed by atoms with Crippen LogP contribution in [0.25, 0.3) is 11.0 Å². The molecule has 0 saturated heterocycles. The normalized spacial score (nSPS) is 12.6. The number of fused-ring (bicyclic) bond motifs is 1. The first-order valence-corrected chi connectivity index (χ1v) is 6.81. The third-order valence-electron chi connectivity index (χ3n) is 3.37. The van der Waals surface area contributed by atoms with Gasteiger partial charge in [0.05, 0.1) is 11.0 Å². The Balaban J connectivity index is 1.84. The Morgan fingerprint density at radius 1 is 1.00 bits per heavy atom. The van der Waals surface area contributed by atoms with E-state index in [1.54, 1.807) is 0 Å². The zero-order valence-electron chi connectivity index (χ0n) is 12.0. The van der Waals surface area contributed by atoms with E-state index in [2.05, 4.69) is 35.9 Å². The highest BCUT2D eigenvalue weighted by atomic mass is 16.5. The van der Waals surface area contributed by atoms with Gasteiger partial charge in [-0.2, -0.15) is 0 Å². The van der Waals surface area contributed by atoms with Crippen LogP contribution in [-0.4, -0.2) is 9.97 Å². The number of nitrogens with one attached hydrogen (secondary N) is 1. The number of aryl methyl sites for hydroxylation is 2. The molecule has 0 aliphatic rings. The lowest BCUT2D eigenvalue weighted by atomic mass is 10.2. The van der Waals surface area contributed by atoms with Crippen LogP contribution in [0.4, 0.5) is 0 Å². The molecule has 20 heavy (non-hydrogen) atoms. The van der Waals surface area contributed by atoms with Gasteiger partial charge in [0.1, 0.15) is 11.6 Å². The Morgan fingerprint density at radius 2 is 1.70 bits per heavy atom. The molecule has 2 aromatic carbocycles. The van der Waals surface area contributed by atoms with Crippen molar-refractivity contribution in [1.82, 2.24) is 9.97 Å². The van der Waals surface area contributed by atoms with Crippen LogP contribution in [0.1, 0.15) is 30.0 Å². The molecule has 0 aliphatic carbocycles. The SMILES string of the molecule is Cc1ccc(O[C@@H](C)c2nc3ccc(C)cc3[nH]2)cc1. The number of H-pyrrole nitrogens is 1. The Kier molecular flexibility index (Phi) is 3.18. The first kappa shape index (κ1) is 12.7. The minimum Gasteiger partial charge on any atom is -0.483 e. The zero-order valence-corrected chi connectivity index (χ0v) is 12.0. The fourth-order valence-electron chi connectivity index (χ4n) is 2.21. The van der Waals surface area contributed by atoms with E-state index in [9.17, 15) is 0 Å². The molecule has 1 aromatic heterocycles. The van der Waals surface area contributed by atoms with Crippen molar-refractivity contribution in [2.75, 3.05) is 0 Å². The van der Waals surface area contributed by atoms with Gasteiger partial charge in [-0.3, -0.25) is 0 Å². The smallest absolute Gasteiger partial charge is 0.153 e. The van der Waals surface area contributed by atoms with Crippen LogP contribution in [0.2, 0.25) is 0 Å². The van der Waals surface area contributed by atoms with Gasteiger partial charge in [0.15, 0.2) is 6.10 Å². The fourth-order valence-corrected chi connectivity index (χ4v) is 2.21. The number of rotatable bonds is 3. The molecule has 1 heterocycles. The second-order valence-electron chi connectivity index (χ2n) is 5.22. The number of aromatic amines is 1. The summed E-state index contributed by atoms with van der Waals surface area (Å²) in [5.41, 5.74) is 4.48. The van der Waals surface area contributed by atoms with E-state index in [1.807, 2.05) is 37.3 Å². The average Bonchev–Trinajstić information content (AvgIpc) is 2.84. The predicted molar refractivity (Wildman–Crippen MR) is 81.1 cm³/mol. The maximum atomic E-state index is 5.92. The van der Waals surface area contributed by atoms with Gasteiger partial charge in [-0.1, -0.05) is 23.8 Å². The van der Waals surface area contributed by atoms with Gasteiger partial charge in [0, 0.05) is 0 Å². The molecule has 0 amide bonds. The fraction of sp³-hybridized carbons (Fsp3) is 0.235. The molecule has 1 N–H and O–H groups in total. The first-order chi connectivity index (χ1) is 9.61. The minimum atomic E-state index is -0.106. The molecule has 0 fully saturated rings. The second kappa shape index (κ2) is 5.00. The minimum absolute atomic E-state index is 0.106. The molecule has 0 bridgehead atoms. The molecule has 0 unspecified atom stereocenters. The van der Waals surface area contributed by atoms with Crippen LogP contribution in [0.5, 0.6) is 5.75 Å². The van der Waals surface area contributed by atoms with Crippen molar-refractivity contribution < 1.29 is 4.74 Å².